The molecule has 7 heteroatoms. The molecule has 128 valence electrons. The molecule has 0 bridgehead atoms. The lowest BCUT2D eigenvalue weighted by atomic mass is 10.0. The fourth-order valence-corrected chi connectivity index (χ4v) is 4.93. The van der Waals surface area contributed by atoms with Crippen molar-refractivity contribution in [1.29, 1.82) is 0 Å². The van der Waals surface area contributed by atoms with Crippen molar-refractivity contribution in [2.24, 2.45) is 0 Å². The second kappa shape index (κ2) is 6.49. The molecular formula is C16H24N2O4S. The number of carbonyl (C=O) groups excluding carboxylic acids is 1. The summed E-state index contributed by atoms with van der Waals surface area (Å²) in [7, 11) is -2.24. The van der Waals surface area contributed by atoms with E-state index in [9.17, 15) is 13.2 Å². The molecule has 1 saturated heterocycles. The van der Waals surface area contributed by atoms with Gasteiger partial charge in [-0.1, -0.05) is 6.07 Å². The van der Waals surface area contributed by atoms with Crippen LogP contribution in [0.3, 0.4) is 0 Å². The Bertz CT molecular complexity index is 694. The third-order valence-electron chi connectivity index (χ3n) is 4.57. The molecule has 1 aromatic carbocycles. The molecule has 0 N–H and O–H groups in total. The number of methoxy groups -OCH3 is 1. The van der Waals surface area contributed by atoms with Gasteiger partial charge in [0.25, 0.3) is 0 Å². The molecule has 1 amide bonds. The van der Waals surface area contributed by atoms with Crippen molar-refractivity contribution in [3.05, 3.63) is 28.3 Å². The highest BCUT2D eigenvalue weighted by Crippen LogP contribution is 2.29. The summed E-state index contributed by atoms with van der Waals surface area (Å²) >= 11 is 0. The highest BCUT2D eigenvalue weighted by molar-refractivity contribution is 7.89. The van der Waals surface area contributed by atoms with Crippen LogP contribution in [0.2, 0.25) is 0 Å². The maximum atomic E-state index is 13.1. The molecule has 23 heavy (non-hydrogen) atoms. The zero-order chi connectivity index (χ0) is 17.4. The van der Waals surface area contributed by atoms with Crippen LogP contribution in [0.4, 0.5) is 4.79 Å². The van der Waals surface area contributed by atoms with Crippen molar-refractivity contribution in [1.82, 2.24) is 9.21 Å². The van der Waals surface area contributed by atoms with Crippen molar-refractivity contribution >= 4 is 16.1 Å². The van der Waals surface area contributed by atoms with Crippen molar-refractivity contribution in [3.63, 3.8) is 0 Å². The maximum absolute atomic E-state index is 13.1. The Morgan fingerprint density at radius 2 is 1.48 bits per heavy atom. The first-order valence-corrected chi connectivity index (χ1v) is 9.04. The normalized spacial score (nSPS) is 16.5. The van der Waals surface area contributed by atoms with Gasteiger partial charge in [-0.3, -0.25) is 0 Å². The van der Waals surface area contributed by atoms with Crippen LogP contribution in [0.25, 0.3) is 0 Å². The second-order valence-electron chi connectivity index (χ2n) is 5.95. The van der Waals surface area contributed by atoms with E-state index >= 15 is 0 Å². The Hall–Kier alpha value is -1.60. The van der Waals surface area contributed by atoms with Gasteiger partial charge in [0, 0.05) is 26.2 Å². The van der Waals surface area contributed by atoms with Crippen LogP contribution in [0.5, 0.6) is 0 Å². The average Bonchev–Trinajstić information content (AvgIpc) is 2.52. The zero-order valence-electron chi connectivity index (χ0n) is 14.3. The van der Waals surface area contributed by atoms with E-state index in [1.807, 2.05) is 33.8 Å². The number of aryl methyl sites for hydroxylation is 2. The molecule has 1 aliphatic heterocycles. The number of benzene rings is 1. The summed E-state index contributed by atoms with van der Waals surface area (Å²) in [6, 6.07) is 2.01. The standard InChI is InChI=1S/C16H24N2O4S/c1-11-10-12(2)14(4)15(13(11)3)23(20,21)18-8-6-17(7-9-18)16(19)22-5/h10H,6-9H2,1-5H3. The van der Waals surface area contributed by atoms with E-state index in [1.54, 1.807) is 0 Å². The smallest absolute Gasteiger partial charge is 0.409 e. The molecule has 0 atom stereocenters. The summed E-state index contributed by atoms with van der Waals surface area (Å²) in [5, 5.41) is 0. The number of rotatable bonds is 2. The molecule has 0 saturated carbocycles. The predicted molar refractivity (Wildman–Crippen MR) is 88.1 cm³/mol. The minimum absolute atomic E-state index is 0.281. The lowest BCUT2D eigenvalue weighted by Gasteiger charge is -2.34. The lowest BCUT2D eigenvalue weighted by Crippen LogP contribution is -2.50. The average molecular weight is 340 g/mol. The van der Waals surface area contributed by atoms with Gasteiger partial charge in [0.2, 0.25) is 10.0 Å². The van der Waals surface area contributed by atoms with Crippen LogP contribution >= 0.6 is 0 Å². The van der Waals surface area contributed by atoms with E-state index in [-0.39, 0.29) is 13.1 Å². The molecule has 1 heterocycles. The van der Waals surface area contributed by atoms with Crippen LogP contribution < -0.4 is 0 Å². The Labute approximate surface area is 138 Å². The minimum Gasteiger partial charge on any atom is -0.453 e. The number of hydrogen-bond donors (Lipinski definition) is 0. The molecule has 6 nitrogen and oxygen atoms in total. The first kappa shape index (κ1) is 17.7. The van der Waals surface area contributed by atoms with Gasteiger partial charge in [0.1, 0.15) is 0 Å². The Morgan fingerprint density at radius 1 is 1.00 bits per heavy atom. The molecule has 2 rings (SSSR count). The van der Waals surface area contributed by atoms with Crippen LogP contribution in [0.15, 0.2) is 11.0 Å². The van der Waals surface area contributed by atoms with Crippen molar-refractivity contribution in [2.45, 2.75) is 32.6 Å². The number of sulfonamides is 1. The highest BCUT2D eigenvalue weighted by atomic mass is 32.2. The van der Waals surface area contributed by atoms with E-state index in [2.05, 4.69) is 4.74 Å². The summed E-state index contributed by atoms with van der Waals surface area (Å²) in [6.07, 6.45) is -0.416. The Morgan fingerprint density at radius 3 is 1.91 bits per heavy atom. The number of ether oxygens (including phenoxy) is 1. The molecule has 0 radical (unpaired) electrons. The summed E-state index contributed by atoms with van der Waals surface area (Å²) in [5.41, 5.74) is 3.53. The molecule has 1 aliphatic rings. The lowest BCUT2D eigenvalue weighted by molar-refractivity contribution is 0.108. The van der Waals surface area contributed by atoms with Crippen molar-refractivity contribution in [2.75, 3.05) is 33.3 Å². The number of carbonyl (C=O) groups is 1. The molecular weight excluding hydrogens is 316 g/mol. The fraction of sp³-hybridized carbons (Fsp3) is 0.562. The highest BCUT2D eigenvalue weighted by Gasteiger charge is 2.33. The monoisotopic (exact) mass is 340 g/mol. The third-order valence-corrected chi connectivity index (χ3v) is 6.74. The first-order valence-electron chi connectivity index (χ1n) is 7.60. The minimum atomic E-state index is -3.57. The molecule has 1 aromatic rings. The number of nitrogens with zero attached hydrogens (tertiary/aromatic N) is 2. The van der Waals surface area contributed by atoms with Crippen molar-refractivity contribution in [3.8, 4) is 0 Å². The van der Waals surface area contributed by atoms with Gasteiger partial charge >= 0.3 is 6.09 Å². The van der Waals surface area contributed by atoms with E-state index < -0.39 is 16.1 Å². The van der Waals surface area contributed by atoms with Crippen LogP contribution in [-0.2, 0) is 14.8 Å². The maximum Gasteiger partial charge on any atom is 0.409 e. The summed E-state index contributed by atoms with van der Waals surface area (Å²) in [5.74, 6) is 0. The van der Waals surface area contributed by atoms with Gasteiger partial charge in [0.15, 0.2) is 0 Å². The van der Waals surface area contributed by atoms with Gasteiger partial charge < -0.3 is 9.64 Å². The quantitative estimate of drug-likeness (QED) is 0.826. The van der Waals surface area contributed by atoms with Gasteiger partial charge in [-0.25, -0.2) is 13.2 Å². The molecule has 0 aromatic heterocycles. The number of amides is 1. The SMILES string of the molecule is COC(=O)N1CCN(S(=O)(=O)c2c(C)c(C)cc(C)c2C)CC1. The topological polar surface area (TPSA) is 66.9 Å². The number of piperazine rings is 1. The second-order valence-corrected chi connectivity index (χ2v) is 7.83. The van der Waals surface area contributed by atoms with E-state index in [0.717, 1.165) is 22.3 Å². The Kier molecular flexibility index (Phi) is 5.01. The predicted octanol–water partition coefficient (Wildman–Crippen LogP) is 1.99. The zero-order valence-corrected chi connectivity index (χ0v) is 15.2. The van der Waals surface area contributed by atoms with Crippen LogP contribution in [0.1, 0.15) is 22.3 Å². The van der Waals surface area contributed by atoms with Gasteiger partial charge in [-0.05, 0) is 49.9 Å². The molecule has 0 unspecified atom stereocenters. The molecule has 0 spiro atoms. The summed E-state index contributed by atoms with van der Waals surface area (Å²) in [4.78, 5) is 13.5. The van der Waals surface area contributed by atoms with Crippen LogP contribution in [-0.4, -0.2) is 57.0 Å². The van der Waals surface area contributed by atoms with Gasteiger partial charge in [-0.15, -0.1) is 0 Å². The number of hydrogen-bond acceptors (Lipinski definition) is 4. The molecule has 0 aliphatic carbocycles. The van der Waals surface area contributed by atoms with E-state index in [4.69, 9.17) is 0 Å². The summed E-state index contributed by atoms with van der Waals surface area (Å²) < 4.78 is 32.3. The van der Waals surface area contributed by atoms with E-state index in [1.165, 1.54) is 16.3 Å². The summed E-state index contributed by atoms with van der Waals surface area (Å²) in [6.45, 7) is 8.79. The third kappa shape index (κ3) is 3.21. The largest absolute Gasteiger partial charge is 0.453 e. The van der Waals surface area contributed by atoms with Gasteiger partial charge in [0.05, 0.1) is 12.0 Å². The Balaban J connectivity index is 2.33. The fourth-order valence-electron chi connectivity index (χ4n) is 2.94. The first-order chi connectivity index (χ1) is 10.7. The molecule has 1 fully saturated rings. The van der Waals surface area contributed by atoms with E-state index in [0.29, 0.717) is 18.0 Å². The van der Waals surface area contributed by atoms with Gasteiger partial charge in [-0.2, -0.15) is 4.31 Å². The van der Waals surface area contributed by atoms with Crippen molar-refractivity contribution < 1.29 is 17.9 Å². The van der Waals surface area contributed by atoms with Crippen LogP contribution in [0, 0.1) is 27.7 Å².